The molecule has 1 rings (SSSR count). The Morgan fingerprint density at radius 2 is 2.00 bits per heavy atom. The molecule has 0 radical (unpaired) electrons. The zero-order valence-corrected chi connectivity index (χ0v) is 9.46. The highest BCUT2D eigenvalue weighted by Gasteiger charge is 2.15. The number of aryl methyl sites for hydroxylation is 1. The van der Waals surface area contributed by atoms with Gasteiger partial charge in [0.05, 0.1) is 11.5 Å². The monoisotopic (exact) mass is 229 g/mol. The third-order valence-electron chi connectivity index (χ3n) is 1.70. The molecule has 0 saturated carbocycles. The largest absolute Gasteiger partial charge is 0.344 e. The summed E-state index contributed by atoms with van der Waals surface area (Å²) in [5.41, 5.74) is 0.677. The van der Waals surface area contributed by atoms with E-state index in [-0.39, 0.29) is 17.7 Å². The summed E-state index contributed by atoms with van der Waals surface area (Å²) in [5.74, 6) is 0. The summed E-state index contributed by atoms with van der Waals surface area (Å²) >= 11 is 0. The number of hydrogen-bond donors (Lipinski definition) is 1. The Kier molecular flexibility index (Phi) is 5.21. The molecule has 1 aromatic carbocycles. The Labute approximate surface area is 90.3 Å². The van der Waals surface area contributed by atoms with E-state index in [2.05, 4.69) is 6.58 Å². The van der Waals surface area contributed by atoms with Crippen LogP contribution in [0.15, 0.2) is 41.8 Å². The number of rotatable bonds is 4. The summed E-state index contributed by atoms with van der Waals surface area (Å²) in [6, 6.07) is 6.69. The Bertz CT molecular complexity index is 426. The van der Waals surface area contributed by atoms with Crippen LogP contribution < -0.4 is 6.15 Å². The summed E-state index contributed by atoms with van der Waals surface area (Å²) in [6.45, 7) is 5.11. The summed E-state index contributed by atoms with van der Waals surface area (Å²) in [6.07, 6.45) is 1.40. The van der Waals surface area contributed by atoms with Gasteiger partial charge in [0.1, 0.15) is 0 Å². The average molecular weight is 229 g/mol. The van der Waals surface area contributed by atoms with E-state index in [1.165, 1.54) is 12.1 Å². The molecule has 1 aromatic rings. The summed E-state index contributed by atoms with van der Waals surface area (Å²) in [5, 5.41) is 0. The Morgan fingerprint density at radius 1 is 1.40 bits per heavy atom. The Morgan fingerprint density at radius 3 is 2.53 bits per heavy atom. The second kappa shape index (κ2) is 5.65. The van der Waals surface area contributed by atoms with Crippen molar-refractivity contribution in [1.29, 1.82) is 0 Å². The van der Waals surface area contributed by atoms with Crippen molar-refractivity contribution < 1.29 is 12.6 Å². The summed E-state index contributed by atoms with van der Waals surface area (Å²) < 4.78 is 27.8. The lowest BCUT2D eigenvalue weighted by molar-refractivity contribution is 0.357. The number of benzene rings is 1. The molecular formula is C10H15NO3S. The van der Waals surface area contributed by atoms with Gasteiger partial charge in [0.15, 0.2) is 0 Å². The average Bonchev–Trinajstić information content (AvgIpc) is 2.15. The van der Waals surface area contributed by atoms with E-state index < -0.39 is 10.1 Å². The van der Waals surface area contributed by atoms with Gasteiger partial charge in [0, 0.05) is 0 Å². The highest BCUT2D eigenvalue weighted by atomic mass is 32.2. The maximum Gasteiger partial charge on any atom is 0.297 e. The van der Waals surface area contributed by atoms with Gasteiger partial charge in [-0.2, -0.15) is 8.42 Å². The van der Waals surface area contributed by atoms with E-state index in [0.717, 1.165) is 0 Å². The minimum Gasteiger partial charge on any atom is -0.344 e. The summed E-state index contributed by atoms with van der Waals surface area (Å²) in [7, 11) is -3.62. The Hall–Kier alpha value is -1.17. The maximum atomic E-state index is 11.5. The molecule has 0 spiro atoms. The molecule has 0 bridgehead atoms. The molecule has 0 aliphatic heterocycles. The van der Waals surface area contributed by atoms with Gasteiger partial charge in [0.25, 0.3) is 10.1 Å². The van der Waals surface area contributed by atoms with Gasteiger partial charge < -0.3 is 6.15 Å². The quantitative estimate of drug-likeness (QED) is 0.633. The molecule has 0 amide bonds. The lowest BCUT2D eigenvalue weighted by Crippen LogP contribution is -2.07. The van der Waals surface area contributed by atoms with Gasteiger partial charge in [0.2, 0.25) is 0 Å². The van der Waals surface area contributed by atoms with E-state index in [0.29, 0.717) is 5.56 Å². The maximum absolute atomic E-state index is 11.5. The molecule has 0 atom stereocenters. The fourth-order valence-corrected chi connectivity index (χ4v) is 2.15. The van der Waals surface area contributed by atoms with E-state index in [1.54, 1.807) is 25.1 Å². The first-order valence-corrected chi connectivity index (χ1v) is 5.54. The molecule has 84 valence electrons. The third kappa shape index (κ3) is 3.47. The van der Waals surface area contributed by atoms with Gasteiger partial charge >= 0.3 is 0 Å². The normalized spacial score (nSPS) is 10.5. The minimum absolute atomic E-state index is 0. The molecule has 0 fully saturated rings. The molecule has 5 heteroatoms. The predicted octanol–water partition coefficient (Wildman–Crippen LogP) is 2.05. The molecule has 0 aliphatic carbocycles. The van der Waals surface area contributed by atoms with E-state index in [9.17, 15) is 8.42 Å². The molecule has 0 aliphatic rings. The fourth-order valence-electron chi connectivity index (χ4n) is 1.04. The van der Waals surface area contributed by atoms with Crippen molar-refractivity contribution in [2.75, 3.05) is 6.61 Å². The van der Waals surface area contributed by atoms with Crippen molar-refractivity contribution in [1.82, 2.24) is 6.15 Å². The van der Waals surface area contributed by atoms with Crippen LogP contribution in [-0.4, -0.2) is 15.0 Å². The molecule has 0 aromatic heterocycles. The van der Waals surface area contributed by atoms with Gasteiger partial charge in [-0.15, -0.1) is 6.58 Å². The van der Waals surface area contributed by atoms with Crippen LogP contribution in [-0.2, 0) is 14.3 Å². The van der Waals surface area contributed by atoms with Gasteiger partial charge in [-0.05, 0) is 18.6 Å². The molecule has 3 N–H and O–H groups in total. The van der Waals surface area contributed by atoms with Gasteiger partial charge in [-0.1, -0.05) is 24.3 Å². The molecular weight excluding hydrogens is 214 g/mol. The highest BCUT2D eigenvalue weighted by Crippen LogP contribution is 2.16. The number of hydrogen-bond acceptors (Lipinski definition) is 4. The summed E-state index contributed by atoms with van der Waals surface area (Å²) in [4.78, 5) is 0.210. The van der Waals surface area contributed by atoms with E-state index in [4.69, 9.17) is 4.18 Å². The van der Waals surface area contributed by atoms with Crippen LogP contribution >= 0.6 is 0 Å². The molecule has 0 heterocycles. The fraction of sp³-hybridized carbons (Fsp3) is 0.200. The minimum atomic E-state index is -3.62. The zero-order valence-electron chi connectivity index (χ0n) is 8.64. The van der Waals surface area contributed by atoms with E-state index in [1.807, 2.05) is 0 Å². The highest BCUT2D eigenvalue weighted by molar-refractivity contribution is 7.86. The third-order valence-corrected chi connectivity index (χ3v) is 3.15. The van der Waals surface area contributed by atoms with Crippen LogP contribution in [0.1, 0.15) is 5.56 Å². The van der Waals surface area contributed by atoms with Crippen molar-refractivity contribution in [2.24, 2.45) is 0 Å². The molecule has 15 heavy (non-hydrogen) atoms. The van der Waals surface area contributed by atoms with Crippen molar-refractivity contribution in [3.05, 3.63) is 42.5 Å². The SMILES string of the molecule is C=CCOS(=O)(=O)c1ccccc1C.N. The van der Waals surface area contributed by atoms with Crippen LogP contribution in [0.5, 0.6) is 0 Å². The molecule has 0 saturated heterocycles. The standard InChI is InChI=1S/C10H12O3S.H3N/c1-3-8-13-14(11,12)10-7-5-4-6-9(10)2;/h3-7H,1,8H2,2H3;1H3. The smallest absolute Gasteiger partial charge is 0.297 e. The van der Waals surface area contributed by atoms with Gasteiger partial charge in [-0.3, -0.25) is 4.18 Å². The van der Waals surface area contributed by atoms with Crippen molar-refractivity contribution in [2.45, 2.75) is 11.8 Å². The topological polar surface area (TPSA) is 78.4 Å². The lowest BCUT2D eigenvalue weighted by Gasteiger charge is -2.05. The van der Waals surface area contributed by atoms with Crippen LogP contribution in [0.25, 0.3) is 0 Å². The van der Waals surface area contributed by atoms with Crippen molar-refractivity contribution >= 4 is 10.1 Å². The van der Waals surface area contributed by atoms with Crippen molar-refractivity contribution in [3.8, 4) is 0 Å². The predicted molar refractivity (Wildman–Crippen MR) is 59.5 cm³/mol. The lowest BCUT2D eigenvalue weighted by atomic mass is 10.2. The second-order valence-corrected chi connectivity index (χ2v) is 4.38. The van der Waals surface area contributed by atoms with E-state index >= 15 is 0 Å². The Balaban J connectivity index is 0.00000196. The first-order valence-electron chi connectivity index (χ1n) is 4.14. The molecule has 0 unspecified atom stereocenters. The van der Waals surface area contributed by atoms with Crippen LogP contribution in [0.4, 0.5) is 0 Å². The first kappa shape index (κ1) is 13.8. The van der Waals surface area contributed by atoms with Gasteiger partial charge in [-0.25, -0.2) is 0 Å². The zero-order chi connectivity index (χ0) is 10.6. The van der Waals surface area contributed by atoms with Crippen molar-refractivity contribution in [3.63, 3.8) is 0 Å². The van der Waals surface area contributed by atoms with Crippen LogP contribution in [0, 0.1) is 6.92 Å². The first-order chi connectivity index (χ1) is 6.58. The van der Waals surface area contributed by atoms with Crippen LogP contribution in [0.2, 0.25) is 0 Å². The molecule has 4 nitrogen and oxygen atoms in total. The second-order valence-electron chi connectivity index (χ2n) is 2.79. The van der Waals surface area contributed by atoms with Crippen LogP contribution in [0.3, 0.4) is 0 Å².